The molecule has 116 valence electrons. The Bertz CT molecular complexity index is 567. The fourth-order valence-electron chi connectivity index (χ4n) is 3.83. The standard InChI is InChI=1S/C18H21NO3/c20-13-11-18(8-4-1-5-9-18)10-12-19-16(21)14-6-2-3-7-15(14)17(19)22/h2-3,6-7,13H,1,4-5,8-12H2. The molecule has 1 heterocycles. The first-order valence-electron chi connectivity index (χ1n) is 8.06. The smallest absolute Gasteiger partial charge is 0.261 e. The van der Waals surface area contributed by atoms with Gasteiger partial charge in [-0.25, -0.2) is 0 Å². The molecule has 1 aliphatic carbocycles. The summed E-state index contributed by atoms with van der Waals surface area (Å²) >= 11 is 0. The van der Waals surface area contributed by atoms with E-state index in [1.54, 1.807) is 24.3 Å². The Morgan fingerprint density at radius 1 is 1.00 bits per heavy atom. The molecule has 1 aromatic rings. The summed E-state index contributed by atoms with van der Waals surface area (Å²) in [6.45, 7) is 0.417. The average molecular weight is 299 g/mol. The summed E-state index contributed by atoms with van der Waals surface area (Å²) in [5, 5.41) is 0. The van der Waals surface area contributed by atoms with Crippen LogP contribution in [0.25, 0.3) is 0 Å². The van der Waals surface area contributed by atoms with Gasteiger partial charge in [-0.15, -0.1) is 0 Å². The Hall–Kier alpha value is -1.97. The lowest BCUT2D eigenvalue weighted by molar-refractivity contribution is -0.110. The molecule has 0 saturated heterocycles. The van der Waals surface area contributed by atoms with Crippen LogP contribution < -0.4 is 0 Å². The van der Waals surface area contributed by atoms with Crippen LogP contribution in [0.1, 0.15) is 65.7 Å². The topological polar surface area (TPSA) is 54.5 Å². The van der Waals surface area contributed by atoms with Gasteiger partial charge in [0, 0.05) is 13.0 Å². The molecule has 0 spiro atoms. The molecule has 1 fully saturated rings. The maximum absolute atomic E-state index is 12.4. The normalized spacial score (nSPS) is 20.1. The van der Waals surface area contributed by atoms with E-state index in [4.69, 9.17) is 0 Å². The number of amides is 2. The van der Waals surface area contributed by atoms with Crippen LogP contribution in [0, 0.1) is 5.41 Å². The second-order valence-electron chi connectivity index (χ2n) is 6.49. The molecule has 2 aliphatic rings. The van der Waals surface area contributed by atoms with Gasteiger partial charge in [0.15, 0.2) is 0 Å². The number of hydrogen-bond acceptors (Lipinski definition) is 3. The molecule has 0 aromatic heterocycles. The molecule has 0 atom stereocenters. The predicted octanol–water partition coefficient (Wildman–Crippen LogP) is 3.21. The fraction of sp³-hybridized carbons (Fsp3) is 0.500. The number of carbonyl (C=O) groups is 3. The summed E-state index contributed by atoms with van der Waals surface area (Å²) in [7, 11) is 0. The minimum absolute atomic E-state index is 0.0185. The molecular formula is C18H21NO3. The number of benzene rings is 1. The van der Waals surface area contributed by atoms with Crippen molar-refractivity contribution in [2.24, 2.45) is 5.41 Å². The van der Waals surface area contributed by atoms with E-state index in [2.05, 4.69) is 0 Å². The Morgan fingerprint density at radius 3 is 2.14 bits per heavy atom. The first-order chi connectivity index (χ1) is 10.7. The van der Waals surface area contributed by atoms with Gasteiger partial charge in [-0.2, -0.15) is 0 Å². The Kier molecular flexibility index (Phi) is 4.10. The third-order valence-electron chi connectivity index (χ3n) is 5.17. The van der Waals surface area contributed by atoms with Crippen LogP contribution in [0.2, 0.25) is 0 Å². The molecule has 1 aromatic carbocycles. The van der Waals surface area contributed by atoms with Crippen molar-refractivity contribution in [1.29, 1.82) is 0 Å². The van der Waals surface area contributed by atoms with Crippen molar-refractivity contribution in [3.8, 4) is 0 Å². The van der Waals surface area contributed by atoms with E-state index in [0.29, 0.717) is 24.1 Å². The number of carbonyl (C=O) groups excluding carboxylic acids is 3. The number of rotatable bonds is 5. The van der Waals surface area contributed by atoms with Crippen molar-refractivity contribution in [2.75, 3.05) is 6.54 Å². The van der Waals surface area contributed by atoms with Crippen molar-refractivity contribution in [3.05, 3.63) is 35.4 Å². The second-order valence-corrected chi connectivity index (χ2v) is 6.49. The van der Waals surface area contributed by atoms with Gasteiger partial charge in [-0.1, -0.05) is 31.4 Å². The molecule has 1 saturated carbocycles. The molecule has 22 heavy (non-hydrogen) atoms. The Balaban J connectivity index is 1.72. The van der Waals surface area contributed by atoms with Crippen LogP contribution in [0.3, 0.4) is 0 Å². The van der Waals surface area contributed by atoms with E-state index < -0.39 is 0 Å². The zero-order valence-corrected chi connectivity index (χ0v) is 12.7. The van der Waals surface area contributed by atoms with Gasteiger partial charge >= 0.3 is 0 Å². The number of imide groups is 1. The van der Waals surface area contributed by atoms with Crippen LogP contribution in [0.15, 0.2) is 24.3 Å². The van der Waals surface area contributed by atoms with Gasteiger partial charge in [-0.3, -0.25) is 14.5 Å². The zero-order valence-electron chi connectivity index (χ0n) is 12.7. The SMILES string of the molecule is O=CCC1(CCN2C(=O)c3ccccc3C2=O)CCCCC1. The molecule has 2 amide bonds. The number of nitrogens with zero attached hydrogens (tertiary/aromatic N) is 1. The summed E-state index contributed by atoms with van der Waals surface area (Å²) in [6, 6.07) is 6.97. The molecule has 0 radical (unpaired) electrons. The summed E-state index contributed by atoms with van der Waals surface area (Å²) in [5.41, 5.74) is 0.983. The summed E-state index contributed by atoms with van der Waals surface area (Å²) < 4.78 is 0. The number of hydrogen-bond donors (Lipinski definition) is 0. The summed E-state index contributed by atoms with van der Waals surface area (Å²) in [4.78, 5) is 37.1. The highest BCUT2D eigenvalue weighted by Crippen LogP contribution is 2.42. The molecule has 4 nitrogen and oxygen atoms in total. The highest BCUT2D eigenvalue weighted by Gasteiger charge is 2.38. The maximum Gasteiger partial charge on any atom is 0.261 e. The van der Waals surface area contributed by atoms with Crippen molar-refractivity contribution < 1.29 is 14.4 Å². The molecule has 0 unspecified atom stereocenters. The molecular weight excluding hydrogens is 278 g/mol. The highest BCUT2D eigenvalue weighted by atomic mass is 16.2. The molecule has 0 N–H and O–H groups in total. The lowest BCUT2D eigenvalue weighted by Gasteiger charge is -2.36. The fourth-order valence-corrected chi connectivity index (χ4v) is 3.83. The second kappa shape index (κ2) is 6.03. The van der Waals surface area contributed by atoms with Gasteiger partial charge in [0.25, 0.3) is 11.8 Å². The lowest BCUT2D eigenvalue weighted by atomic mass is 9.70. The predicted molar refractivity (Wildman–Crippen MR) is 82.6 cm³/mol. The van der Waals surface area contributed by atoms with E-state index in [9.17, 15) is 14.4 Å². The molecule has 3 rings (SSSR count). The zero-order chi connectivity index (χ0) is 15.6. The van der Waals surface area contributed by atoms with Crippen LogP contribution >= 0.6 is 0 Å². The van der Waals surface area contributed by atoms with Crippen molar-refractivity contribution >= 4 is 18.1 Å². The monoisotopic (exact) mass is 299 g/mol. The van der Waals surface area contributed by atoms with Crippen LogP contribution in [-0.2, 0) is 4.79 Å². The number of aldehydes is 1. The van der Waals surface area contributed by atoms with Crippen molar-refractivity contribution in [3.63, 3.8) is 0 Å². The lowest BCUT2D eigenvalue weighted by Crippen LogP contribution is -2.35. The van der Waals surface area contributed by atoms with Crippen LogP contribution in [0.4, 0.5) is 0 Å². The Morgan fingerprint density at radius 2 is 1.59 bits per heavy atom. The molecule has 1 aliphatic heterocycles. The van der Waals surface area contributed by atoms with Crippen molar-refractivity contribution in [2.45, 2.75) is 44.9 Å². The minimum Gasteiger partial charge on any atom is -0.303 e. The highest BCUT2D eigenvalue weighted by molar-refractivity contribution is 6.21. The van der Waals surface area contributed by atoms with E-state index >= 15 is 0 Å². The van der Waals surface area contributed by atoms with Gasteiger partial charge in [0.1, 0.15) is 6.29 Å². The third kappa shape index (κ3) is 2.58. The van der Waals surface area contributed by atoms with Crippen LogP contribution in [-0.4, -0.2) is 29.5 Å². The van der Waals surface area contributed by atoms with E-state index in [1.165, 1.54) is 11.3 Å². The third-order valence-corrected chi connectivity index (χ3v) is 5.17. The van der Waals surface area contributed by atoms with Crippen LogP contribution in [0.5, 0.6) is 0 Å². The maximum atomic E-state index is 12.4. The Labute approximate surface area is 130 Å². The van der Waals surface area contributed by atoms with Gasteiger partial charge in [0.05, 0.1) is 11.1 Å². The van der Waals surface area contributed by atoms with Gasteiger partial charge in [0.2, 0.25) is 0 Å². The first kappa shape index (κ1) is 14.9. The van der Waals surface area contributed by atoms with E-state index in [1.807, 2.05) is 0 Å². The van der Waals surface area contributed by atoms with Gasteiger partial charge in [-0.05, 0) is 36.8 Å². The molecule has 4 heteroatoms. The average Bonchev–Trinajstić information content (AvgIpc) is 2.79. The summed E-state index contributed by atoms with van der Waals surface area (Å²) in [6.07, 6.45) is 7.80. The van der Waals surface area contributed by atoms with E-state index in [-0.39, 0.29) is 17.2 Å². The van der Waals surface area contributed by atoms with Gasteiger partial charge < -0.3 is 4.79 Å². The minimum atomic E-state index is -0.197. The quantitative estimate of drug-likeness (QED) is 0.619. The largest absolute Gasteiger partial charge is 0.303 e. The van der Waals surface area contributed by atoms with E-state index in [0.717, 1.165) is 38.4 Å². The van der Waals surface area contributed by atoms with Crippen molar-refractivity contribution in [1.82, 2.24) is 4.90 Å². The number of fused-ring (bicyclic) bond motifs is 1. The first-order valence-corrected chi connectivity index (χ1v) is 8.06. The summed E-state index contributed by atoms with van der Waals surface area (Å²) in [5.74, 6) is -0.393. The molecule has 0 bridgehead atoms.